The van der Waals surface area contributed by atoms with Gasteiger partial charge < -0.3 is 10.5 Å². The van der Waals surface area contributed by atoms with Crippen LogP contribution in [0.1, 0.15) is 43.0 Å². The summed E-state index contributed by atoms with van der Waals surface area (Å²) in [6.07, 6.45) is 4.48. The Bertz CT molecular complexity index is 443. The molecule has 0 aliphatic heterocycles. The molecule has 0 saturated heterocycles. The fourth-order valence-electron chi connectivity index (χ4n) is 1.46. The van der Waals surface area contributed by atoms with Gasteiger partial charge in [-0.15, -0.1) is 0 Å². The van der Waals surface area contributed by atoms with E-state index in [0.717, 1.165) is 12.8 Å². The predicted molar refractivity (Wildman–Crippen MR) is 72.4 cm³/mol. The number of carbonyl (C=O) groups excluding carboxylic acids is 1. The molecule has 0 aliphatic carbocycles. The molecule has 0 bridgehead atoms. The van der Waals surface area contributed by atoms with Gasteiger partial charge in [0.25, 0.3) is 0 Å². The van der Waals surface area contributed by atoms with Gasteiger partial charge in [0.2, 0.25) is 5.91 Å². The molecule has 3 nitrogen and oxygen atoms in total. The Morgan fingerprint density at radius 3 is 2.89 bits per heavy atom. The van der Waals surface area contributed by atoms with Crippen LogP contribution in [0.5, 0.6) is 5.75 Å². The Morgan fingerprint density at radius 1 is 1.33 bits per heavy atom. The third-order valence-corrected chi connectivity index (χ3v) is 2.46. The molecule has 0 radical (unpaired) electrons. The van der Waals surface area contributed by atoms with Crippen LogP contribution in [-0.2, 0) is 0 Å². The van der Waals surface area contributed by atoms with Gasteiger partial charge in [-0.3, -0.25) is 4.79 Å². The van der Waals surface area contributed by atoms with E-state index in [4.69, 9.17) is 10.5 Å². The minimum Gasteiger partial charge on any atom is -0.481 e. The van der Waals surface area contributed by atoms with E-state index in [-0.39, 0.29) is 0 Å². The van der Waals surface area contributed by atoms with Crippen molar-refractivity contribution in [2.75, 3.05) is 6.61 Å². The maximum absolute atomic E-state index is 11.0. The Morgan fingerprint density at radius 2 is 2.17 bits per heavy atom. The van der Waals surface area contributed by atoms with Gasteiger partial charge >= 0.3 is 0 Å². The Labute approximate surface area is 108 Å². The van der Waals surface area contributed by atoms with E-state index in [1.54, 1.807) is 24.3 Å². The van der Waals surface area contributed by atoms with Gasteiger partial charge in [-0.05, 0) is 24.6 Å². The SMILES string of the molecule is CCCCCC#CCOc1cccc(C(N)=O)c1. The molecular weight excluding hydrogens is 226 g/mol. The lowest BCUT2D eigenvalue weighted by atomic mass is 10.2. The van der Waals surface area contributed by atoms with E-state index in [0.29, 0.717) is 17.9 Å². The number of primary amides is 1. The topological polar surface area (TPSA) is 52.3 Å². The molecule has 0 heterocycles. The zero-order valence-corrected chi connectivity index (χ0v) is 10.7. The zero-order valence-electron chi connectivity index (χ0n) is 10.7. The van der Waals surface area contributed by atoms with E-state index in [1.165, 1.54) is 12.8 Å². The first-order valence-electron chi connectivity index (χ1n) is 6.22. The normalized spacial score (nSPS) is 9.39. The van der Waals surface area contributed by atoms with Crippen LogP contribution in [0, 0.1) is 11.8 Å². The lowest BCUT2D eigenvalue weighted by Crippen LogP contribution is -2.10. The van der Waals surface area contributed by atoms with Crippen molar-refractivity contribution >= 4 is 5.91 Å². The second kappa shape index (κ2) is 8.19. The maximum atomic E-state index is 11.0. The number of nitrogens with two attached hydrogens (primary N) is 1. The van der Waals surface area contributed by atoms with Crippen LogP contribution in [0.4, 0.5) is 0 Å². The number of ether oxygens (including phenoxy) is 1. The molecule has 0 aromatic heterocycles. The van der Waals surface area contributed by atoms with Crippen LogP contribution >= 0.6 is 0 Å². The zero-order chi connectivity index (χ0) is 13.2. The first-order valence-corrected chi connectivity index (χ1v) is 6.22. The Balaban J connectivity index is 2.35. The van der Waals surface area contributed by atoms with E-state index in [2.05, 4.69) is 18.8 Å². The molecule has 0 saturated carbocycles. The van der Waals surface area contributed by atoms with Crippen molar-refractivity contribution in [1.82, 2.24) is 0 Å². The van der Waals surface area contributed by atoms with Gasteiger partial charge in [-0.2, -0.15) is 0 Å². The maximum Gasteiger partial charge on any atom is 0.248 e. The van der Waals surface area contributed by atoms with Crippen molar-refractivity contribution in [2.24, 2.45) is 5.73 Å². The molecule has 0 unspecified atom stereocenters. The van der Waals surface area contributed by atoms with E-state index < -0.39 is 5.91 Å². The number of benzene rings is 1. The lowest BCUT2D eigenvalue weighted by molar-refractivity contribution is 0.1000. The summed E-state index contributed by atoms with van der Waals surface area (Å²) in [5.41, 5.74) is 5.63. The van der Waals surface area contributed by atoms with Gasteiger partial charge in [0, 0.05) is 12.0 Å². The van der Waals surface area contributed by atoms with Crippen LogP contribution in [0.15, 0.2) is 24.3 Å². The molecular formula is C15H19NO2. The van der Waals surface area contributed by atoms with E-state index in [1.807, 2.05) is 0 Å². The summed E-state index contributed by atoms with van der Waals surface area (Å²) in [5.74, 6) is 6.18. The van der Waals surface area contributed by atoms with Crippen molar-refractivity contribution in [3.63, 3.8) is 0 Å². The molecule has 1 amide bonds. The second-order valence-corrected chi connectivity index (χ2v) is 3.99. The number of carbonyl (C=O) groups is 1. The highest BCUT2D eigenvalue weighted by Gasteiger charge is 2.00. The summed E-state index contributed by atoms with van der Waals surface area (Å²) < 4.78 is 5.42. The van der Waals surface area contributed by atoms with Crippen molar-refractivity contribution in [3.8, 4) is 17.6 Å². The second-order valence-electron chi connectivity index (χ2n) is 3.99. The van der Waals surface area contributed by atoms with Crippen LogP contribution in [0.25, 0.3) is 0 Å². The highest BCUT2D eigenvalue weighted by atomic mass is 16.5. The summed E-state index contributed by atoms with van der Waals surface area (Å²) in [4.78, 5) is 11.0. The molecule has 1 aromatic carbocycles. The third kappa shape index (κ3) is 5.40. The molecule has 96 valence electrons. The molecule has 1 rings (SSSR count). The number of rotatable bonds is 6. The van der Waals surface area contributed by atoms with E-state index in [9.17, 15) is 4.79 Å². The summed E-state index contributed by atoms with van der Waals surface area (Å²) in [7, 11) is 0. The van der Waals surface area contributed by atoms with Crippen molar-refractivity contribution < 1.29 is 9.53 Å². The molecule has 0 aliphatic rings. The molecule has 2 N–H and O–H groups in total. The fraction of sp³-hybridized carbons (Fsp3) is 0.400. The molecule has 1 aromatic rings. The van der Waals surface area contributed by atoms with Crippen molar-refractivity contribution in [1.29, 1.82) is 0 Å². The average molecular weight is 245 g/mol. The predicted octanol–water partition coefficient (Wildman–Crippen LogP) is 2.75. The molecule has 3 heteroatoms. The van der Waals surface area contributed by atoms with Gasteiger partial charge in [-0.1, -0.05) is 37.7 Å². The van der Waals surface area contributed by atoms with Gasteiger partial charge in [0.15, 0.2) is 0 Å². The number of hydrogen-bond donors (Lipinski definition) is 1. The first-order chi connectivity index (χ1) is 8.74. The fourth-order valence-corrected chi connectivity index (χ4v) is 1.46. The standard InChI is InChI=1S/C15H19NO2/c1-2-3-4-5-6-7-11-18-14-10-8-9-13(12-14)15(16)17/h8-10,12H,2-5,11H2,1H3,(H2,16,17). The summed E-state index contributed by atoms with van der Waals surface area (Å²) in [6.45, 7) is 2.51. The van der Waals surface area contributed by atoms with Gasteiger partial charge in [0.05, 0.1) is 0 Å². The highest BCUT2D eigenvalue weighted by molar-refractivity contribution is 5.93. The van der Waals surface area contributed by atoms with Gasteiger partial charge in [0.1, 0.15) is 12.4 Å². The van der Waals surface area contributed by atoms with Crippen LogP contribution in [0.3, 0.4) is 0 Å². The number of hydrogen-bond acceptors (Lipinski definition) is 2. The number of unbranched alkanes of at least 4 members (excludes halogenated alkanes) is 3. The monoisotopic (exact) mass is 245 g/mol. The lowest BCUT2D eigenvalue weighted by Gasteiger charge is -2.02. The van der Waals surface area contributed by atoms with E-state index >= 15 is 0 Å². The van der Waals surface area contributed by atoms with Crippen LogP contribution < -0.4 is 10.5 Å². The summed E-state index contributed by atoms with van der Waals surface area (Å²) >= 11 is 0. The van der Waals surface area contributed by atoms with Crippen LogP contribution in [-0.4, -0.2) is 12.5 Å². The summed E-state index contributed by atoms with van der Waals surface area (Å²) in [6, 6.07) is 6.81. The molecule has 0 spiro atoms. The van der Waals surface area contributed by atoms with Crippen molar-refractivity contribution in [3.05, 3.63) is 29.8 Å². The quantitative estimate of drug-likeness (QED) is 0.619. The van der Waals surface area contributed by atoms with Crippen LogP contribution in [0.2, 0.25) is 0 Å². The minimum atomic E-state index is -0.453. The largest absolute Gasteiger partial charge is 0.481 e. The van der Waals surface area contributed by atoms with Crippen molar-refractivity contribution in [2.45, 2.75) is 32.6 Å². The summed E-state index contributed by atoms with van der Waals surface area (Å²) in [5, 5.41) is 0. The average Bonchev–Trinajstić information content (AvgIpc) is 2.38. The molecule has 0 fully saturated rings. The Kier molecular flexibility index (Phi) is 6.42. The highest BCUT2D eigenvalue weighted by Crippen LogP contribution is 2.12. The third-order valence-electron chi connectivity index (χ3n) is 2.46. The van der Waals surface area contributed by atoms with Gasteiger partial charge in [-0.25, -0.2) is 0 Å². The first kappa shape index (κ1) is 14.1. The minimum absolute atomic E-state index is 0.342. The molecule has 0 atom stereocenters. The number of amides is 1. The molecule has 18 heavy (non-hydrogen) atoms. The smallest absolute Gasteiger partial charge is 0.248 e. The Hall–Kier alpha value is -1.95.